The van der Waals surface area contributed by atoms with Crippen molar-refractivity contribution in [3.63, 3.8) is 0 Å². The Morgan fingerprint density at radius 1 is 1.19 bits per heavy atom. The molecular weight excluding hydrogens is 262 g/mol. The van der Waals surface area contributed by atoms with E-state index in [0.717, 1.165) is 29.2 Å². The fraction of sp³-hybridized carbons (Fsp3) is 0.471. The van der Waals surface area contributed by atoms with Gasteiger partial charge >= 0.3 is 0 Å². The van der Waals surface area contributed by atoms with Crippen molar-refractivity contribution in [1.82, 2.24) is 9.78 Å². The Kier molecular flexibility index (Phi) is 4.37. The fourth-order valence-electron chi connectivity index (χ4n) is 2.48. The fourth-order valence-corrected chi connectivity index (χ4v) is 2.48. The first kappa shape index (κ1) is 15.6. The van der Waals surface area contributed by atoms with Crippen molar-refractivity contribution in [3.05, 3.63) is 41.1 Å². The zero-order valence-electron chi connectivity index (χ0n) is 13.6. The second kappa shape index (κ2) is 5.90. The maximum atomic E-state index is 5.77. The molecule has 114 valence electrons. The summed E-state index contributed by atoms with van der Waals surface area (Å²) in [5.41, 5.74) is 10.1. The summed E-state index contributed by atoms with van der Waals surface area (Å²) in [6, 6.07) is 8.28. The van der Waals surface area contributed by atoms with E-state index < -0.39 is 0 Å². The van der Waals surface area contributed by atoms with Gasteiger partial charge in [0.1, 0.15) is 0 Å². The molecule has 0 bridgehead atoms. The van der Waals surface area contributed by atoms with Gasteiger partial charge in [-0.15, -0.1) is 0 Å². The lowest BCUT2D eigenvalue weighted by Gasteiger charge is -2.17. The Hall–Kier alpha value is -1.81. The van der Waals surface area contributed by atoms with Gasteiger partial charge in [-0.2, -0.15) is 5.10 Å². The predicted octanol–water partition coefficient (Wildman–Crippen LogP) is 2.99. The monoisotopic (exact) mass is 287 g/mol. The van der Waals surface area contributed by atoms with Crippen LogP contribution >= 0.6 is 0 Å². The standard InChI is InChI=1S/C17H25N3O/c1-12-6-8-13(9-7-12)20-16(21-5)14(10-11-18)15(19-20)17(2,3)4/h6-9H,10-11,18H2,1-5H3. The number of methoxy groups -OCH3 is 1. The molecule has 2 aromatic rings. The predicted molar refractivity (Wildman–Crippen MR) is 86.3 cm³/mol. The topological polar surface area (TPSA) is 53.1 Å². The number of aromatic nitrogens is 2. The smallest absolute Gasteiger partial charge is 0.219 e. The highest BCUT2D eigenvalue weighted by Gasteiger charge is 2.27. The van der Waals surface area contributed by atoms with Crippen LogP contribution < -0.4 is 10.5 Å². The van der Waals surface area contributed by atoms with E-state index in [-0.39, 0.29) is 5.41 Å². The number of ether oxygens (including phenoxy) is 1. The van der Waals surface area contributed by atoms with E-state index in [1.165, 1.54) is 5.56 Å². The number of aryl methyl sites for hydroxylation is 1. The molecule has 0 aliphatic rings. The number of nitrogens with zero attached hydrogens (tertiary/aromatic N) is 2. The lowest BCUT2D eigenvalue weighted by molar-refractivity contribution is 0.379. The Morgan fingerprint density at radius 3 is 2.29 bits per heavy atom. The van der Waals surface area contributed by atoms with Gasteiger partial charge in [0.25, 0.3) is 0 Å². The SMILES string of the molecule is COc1c(CCN)c(C(C)(C)C)nn1-c1ccc(C)cc1. The minimum atomic E-state index is -0.0479. The molecule has 1 aromatic carbocycles. The third-order valence-corrected chi connectivity index (χ3v) is 3.51. The minimum Gasteiger partial charge on any atom is -0.481 e. The minimum absolute atomic E-state index is 0.0479. The highest BCUT2D eigenvalue weighted by molar-refractivity contribution is 5.44. The molecule has 0 unspecified atom stereocenters. The third kappa shape index (κ3) is 3.10. The number of nitrogens with two attached hydrogens (primary N) is 1. The summed E-state index contributed by atoms with van der Waals surface area (Å²) in [6.07, 6.45) is 0.766. The number of benzene rings is 1. The van der Waals surface area contributed by atoms with Gasteiger partial charge in [0.15, 0.2) is 0 Å². The van der Waals surface area contributed by atoms with Gasteiger partial charge in [-0.1, -0.05) is 38.5 Å². The molecule has 0 spiro atoms. The summed E-state index contributed by atoms with van der Waals surface area (Å²) in [5.74, 6) is 0.786. The van der Waals surface area contributed by atoms with Gasteiger partial charge in [-0.3, -0.25) is 0 Å². The van der Waals surface area contributed by atoms with E-state index in [4.69, 9.17) is 15.6 Å². The second-order valence-electron chi connectivity index (χ2n) is 6.37. The van der Waals surface area contributed by atoms with Crippen LogP contribution in [0.1, 0.15) is 37.6 Å². The quantitative estimate of drug-likeness (QED) is 0.940. The average Bonchev–Trinajstić information content (AvgIpc) is 2.78. The van der Waals surface area contributed by atoms with Crippen molar-refractivity contribution in [2.45, 2.75) is 39.5 Å². The lowest BCUT2D eigenvalue weighted by Crippen LogP contribution is -2.16. The van der Waals surface area contributed by atoms with E-state index in [9.17, 15) is 0 Å². The van der Waals surface area contributed by atoms with E-state index in [0.29, 0.717) is 6.54 Å². The lowest BCUT2D eigenvalue weighted by atomic mass is 9.88. The first-order valence-electron chi connectivity index (χ1n) is 7.32. The molecule has 0 saturated heterocycles. The van der Waals surface area contributed by atoms with Crippen LogP contribution in [0.5, 0.6) is 5.88 Å². The van der Waals surface area contributed by atoms with Crippen LogP contribution in [0, 0.1) is 6.92 Å². The molecule has 4 heteroatoms. The first-order valence-corrected chi connectivity index (χ1v) is 7.32. The van der Waals surface area contributed by atoms with Crippen LogP contribution in [0.4, 0.5) is 0 Å². The molecule has 0 saturated carbocycles. The van der Waals surface area contributed by atoms with Crippen molar-refractivity contribution >= 4 is 0 Å². The molecule has 4 nitrogen and oxygen atoms in total. The van der Waals surface area contributed by atoms with Gasteiger partial charge in [0, 0.05) is 11.0 Å². The Labute approximate surface area is 126 Å². The zero-order valence-corrected chi connectivity index (χ0v) is 13.6. The summed E-state index contributed by atoms with van der Waals surface area (Å²) in [6.45, 7) is 9.14. The van der Waals surface area contributed by atoms with E-state index >= 15 is 0 Å². The van der Waals surface area contributed by atoms with Gasteiger partial charge < -0.3 is 10.5 Å². The second-order valence-corrected chi connectivity index (χ2v) is 6.37. The van der Waals surface area contributed by atoms with Gasteiger partial charge in [-0.05, 0) is 32.0 Å². The number of hydrogen-bond acceptors (Lipinski definition) is 3. The molecule has 2 N–H and O–H groups in total. The zero-order chi connectivity index (χ0) is 15.6. The van der Waals surface area contributed by atoms with Crippen molar-refractivity contribution in [1.29, 1.82) is 0 Å². The Bertz CT molecular complexity index is 606. The molecule has 0 fully saturated rings. The number of hydrogen-bond donors (Lipinski definition) is 1. The van der Waals surface area contributed by atoms with Crippen LogP contribution in [-0.2, 0) is 11.8 Å². The summed E-state index contributed by atoms with van der Waals surface area (Å²) in [7, 11) is 1.69. The highest BCUT2D eigenvalue weighted by atomic mass is 16.5. The summed E-state index contributed by atoms with van der Waals surface area (Å²) < 4.78 is 7.51. The first-order chi connectivity index (χ1) is 9.88. The van der Waals surface area contributed by atoms with Crippen molar-refractivity contribution in [2.24, 2.45) is 5.73 Å². The van der Waals surface area contributed by atoms with Crippen molar-refractivity contribution in [2.75, 3.05) is 13.7 Å². The Morgan fingerprint density at radius 2 is 1.81 bits per heavy atom. The van der Waals surface area contributed by atoms with Gasteiger partial charge in [0.2, 0.25) is 5.88 Å². The summed E-state index contributed by atoms with van der Waals surface area (Å²) >= 11 is 0. The molecule has 0 amide bonds. The molecular formula is C17H25N3O. The van der Waals surface area contributed by atoms with E-state index in [1.54, 1.807) is 7.11 Å². The maximum Gasteiger partial charge on any atom is 0.219 e. The largest absolute Gasteiger partial charge is 0.481 e. The summed E-state index contributed by atoms with van der Waals surface area (Å²) in [4.78, 5) is 0. The van der Waals surface area contributed by atoms with Gasteiger partial charge in [0.05, 0.1) is 18.5 Å². The van der Waals surface area contributed by atoms with Crippen LogP contribution in [0.3, 0.4) is 0 Å². The highest BCUT2D eigenvalue weighted by Crippen LogP contribution is 2.33. The molecule has 0 aliphatic carbocycles. The van der Waals surface area contributed by atoms with E-state index in [2.05, 4.69) is 52.0 Å². The van der Waals surface area contributed by atoms with Crippen LogP contribution in [0.2, 0.25) is 0 Å². The van der Waals surface area contributed by atoms with Crippen LogP contribution in [-0.4, -0.2) is 23.4 Å². The van der Waals surface area contributed by atoms with Crippen LogP contribution in [0.25, 0.3) is 5.69 Å². The molecule has 0 atom stereocenters. The van der Waals surface area contributed by atoms with Crippen LogP contribution in [0.15, 0.2) is 24.3 Å². The third-order valence-electron chi connectivity index (χ3n) is 3.51. The molecule has 0 aliphatic heterocycles. The normalized spacial score (nSPS) is 11.7. The molecule has 1 heterocycles. The van der Waals surface area contributed by atoms with E-state index in [1.807, 2.05) is 4.68 Å². The van der Waals surface area contributed by atoms with Crippen molar-refractivity contribution in [3.8, 4) is 11.6 Å². The average molecular weight is 287 g/mol. The van der Waals surface area contributed by atoms with Crippen molar-refractivity contribution < 1.29 is 4.74 Å². The maximum absolute atomic E-state index is 5.77. The van der Waals surface area contributed by atoms with Gasteiger partial charge in [-0.25, -0.2) is 4.68 Å². The Balaban J connectivity index is 2.63. The molecule has 0 radical (unpaired) electrons. The molecule has 1 aromatic heterocycles. The molecule has 21 heavy (non-hydrogen) atoms. The number of rotatable bonds is 4. The molecule has 2 rings (SSSR count). The summed E-state index contributed by atoms with van der Waals surface area (Å²) in [5, 5.41) is 4.81.